The minimum Gasteiger partial charge on any atom is -0.496 e. The first-order valence-corrected chi connectivity index (χ1v) is 14.0. The lowest BCUT2D eigenvalue weighted by Crippen LogP contribution is -2.54. The summed E-state index contributed by atoms with van der Waals surface area (Å²) in [5.41, 5.74) is 0.475. The van der Waals surface area contributed by atoms with E-state index in [9.17, 15) is 15.1 Å². The highest BCUT2D eigenvalue weighted by Gasteiger charge is 2.48. The number of carbonyl (C=O) groups is 1. The second-order valence-electron chi connectivity index (χ2n) is 10.6. The Hall–Kier alpha value is -2.10. The Kier molecular flexibility index (Phi) is 10.1. The number of nitrogens with zero attached hydrogens (tertiary/aromatic N) is 1. The highest BCUT2D eigenvalue weighted by molar-refractivity contribution is 7.99. The van der Waals surface area contributed by atoms with E-state index in [1.807, 2.05) is 70.2 Å². The van der Waals surface area contributed by atoms with Crippen molar-refractivity contribution in [1.29, 1.82) is 0 Å². The number of thioether (sulfide) groups is 1. The monoisotopic (exact) mass is 530 g/mol. The Labute approximate surface area is 225 Å². The molecule has 3 rings (SSSR count). The smallest absolute Gasteiger partial charge is 0.320 e. The average Bonchev–Trinajstić information content (AvgIpc) is 2.93. The van der Waals surface area contributed by atoms with Crippen LogP contribution < -0.4 is 10.1 Å². The molecule has 0 amide bonds. The van der Waals surface area contributed by atoms with E-state index in [-0.39, 0.29) is 12.5 Å². The molecule has 1 unspecified atom stereocenters. The van der Waals surface area contributed by atoms with Crippen LogP contribution in [0, 0.1) is 0 Å². The summed E-state index contributed by atoms with van der Waals surface area (Å²) in [7, 11) is 1.61. The first-order valence-electron chi connectivity index (χ1n) is 13.1. The van der Waals surface area contributed by atoms with E-state index in [4.69, 9.17) is 9.47 Å². The van der Waals surface area contributed by atoms with Crippen molar-refractivity contribution >= 4 is 17.7 Å². The number of rotatable bonds is 10. The van der Waals surface area contributed by atoms with Crippen molar-refractivity contribution in [3.8, 4) is 5.75 Å². The number of methoxy groups -OCH3 is 1. The van der Waals surface area contributed by atoms with Gasteiger partial charge < -0.3 is 25.1 Å². The van der Waals surface area contributed by atoms with Crippen molar-refractivity contribution in [2.24, 2.45) is 0 Å². The highest BCUT2D eigenvalue weighted by atomic mass is 32.2. The van der Waals surface area contributed by atoms with Gasteiger partial charge in [0, 0.05) is 17.0 Å². The molecule has 0 radical (unpaired) electrons. The van der Waals surface area contributed by atoms with Gasteiger partial charge >= 0.3 is 5.97 Å². The second-order valence-corrected chi connectivity index (χ2v) is 11.7. The van der Waals surface area contributed by atoms with E-state index in [0.29, 0.717) is 25.1 Å². The van der Waals surface area contributed by atoms with Crippen LogP contribution in [0.5, 0.6) is 5.75 Å². The minimum absolute atomic E-state index is 0.0697. The summed E-state index contributed by atoms with van der Waals surface area (Å²) in [6.45, 7) is 10.1. The summed E-state index contributed by atoms with van der Waals surface area (Å²) in [5.74, 6) is 0.326. The lowest BCUT2D eigenvalue weighted by atomic mass is 9.86. The first kappa shape index (κ1) is 29.5. The van der Waals surface area contributed by atoms with Crippen molar-refractivity contribution < 1.29 is 24.6 Å². The van der Waals surface area contributed by atoms with E-state index in [0.717, 1.165) is 34.4 Å². The van der Waals surface area contributed by atoms with E-state index in [1.54, 1.807) is 7.11 Å². The quantitative estimate of drug-likeness (QED) is 0.339. The Morgan fingerprint density at radius 2 is 1.89 bits per heavy atom. The summed E-state index contributed by atoms with van der Waals surface area (Å²) in [4.78, 5) is 13.0. The molecule has 0 saturated carbocycles. The Bertz CT molecular complexity index is 1040. The number of hydrogen-bond acceptors (Lipinski definition) is 8. The van der Waals surface area contributed by atoms with Crippen LogP contribution >= 0.6 is 11.8 Å². The average molecular weight is 531 g/mol. The molecule has 0 bridgehead atoms. The molecular weight excluding hydrogens is 488 g/mol. The largest absolute Gasteiger partial charge is 0.496 e. The van der Waals surface area contributed by atoms with Gasteiger partial charge in [0.1, 0.15) is 16.8 Å². The molecule has 37 heavy (non-hydrogen) atoms. The Morgan fingerprint density at radius 1 is 1.19 bits per heavy atom. The van der Waals surface area contributed by atoms with E-state index in [1.165, 1.54) is 16.8 Å². The number of esters is 1. The fourth-order valence-electron chi connectivity index (χ4n) is 4.86. The molecule has 8 heteroatoms. The molecule has 3 N–H and O–H groups in total. The minimum atomic E-state index is -0.836. The number of hydrogen-bond donors (Lipinski definition) is 3. The topological polar surface area (TPSA) is 91.3 Å². The van der Waals surface area contributed by atoms with Crippen LogP contribution in [0.4, 0.5) is 0 Å². The number of fused-ring (bicyclic) bond motifs is 1. The van der Waals surface area contributed by atoms with Gasteiger partial charge in [-0.15, -0.1) is 0 Å². The summed E-state index contributed by atoms with van der Waals surface area (Å²) < 4.78 is 11.1. The third kappa shape index (κ3) is 6.86. The van der Waals surface area contributed by atoms with Crippen LogP contribution in [0.1, 0.15) is 83.0 Å². The third-order valence-corrected chi connectivity index (χ3v) is 8.07. The summed E-state index contributed by atoms with van der Waals surface area (Å²) in [6.07, 6.45) is 3.13. The molecule has 2 aromatic carbocycles. The number of ether oxygens (including phenoxy) is 2. The zero-order valence-electron chi connectivity index (χ0n) is 22.9. The molecule has 2 aromatic rings. The number of aliphatic hydroxyl groups excluding tert-OH is 1. The van der Waals surface area contributed by atoms with E-state index < -0.39 is 22.6 Å². The van der Waals surface area contributed by atoms with Gasteiger partial charge in [0.25, 0.3) is 0 Å². The first-order chi connectivity index (χ1) is 17.6. The molecule has 204 valence electrons. The van der Waals surface area contributed by atoms with Gasteiger partial charge in [-0.3, -0.25) is 4.79 Å². The number of aliphatic hydroxyl groups is 1. The van der Waals surface area contributed by atoms with Crippen molar-refractivity contribution in [1.82, 2.24) is 10.4 Å². The van der Waals surface area contributed by atoms with Gasteiger partial charge in [-0.05, 0) is 56.9 Å². The van der Waals surface area contributed by atoms with Gasteiger partial charge in [-0.2, -0.15) is 5.06 Å². The molecule has 0 fully saturated rings. The van der Waals surface area contributed by atoms with Gasteiger partial charge in [-0.1, -0.05) is 68.8 Å². The van der Waals surface area contributed by atoms with Crippen molar-refractivity contribution in [2.75, 3.05) is 13.7 Å². The van der Waals surface area contributed by atoms with E-state index in [2.05, 4.69) is 12.2 Å². The third-order valence-electron chi connectivity index (χ3n) is 6.80. The molecule has 0 spiro atoms. The van der Waals surface area contributed by atoms with Crippen molar-refractivity contribution in [3.63, 3.8) is 0 Å². The van der Waals surface area contributed by atoms with Crippen molar-refractivity contribution in [3.05, 3.63) is 59.2 Å². The SMILES string of the molecule is CCCC[C@]1(CC)C(O)Sc2cc(CNCC(=O)OC(C)(C)C)c(OC)cc2[C@H](c2ccccc2)N1O. The normalized spacial score (nSPS) is 22.3. The highest BCUT2D eigenvalue weighted by Crippen LogP contribution is 2.50. The molecule has 1 aliphatic heterocycles. The van der Waals surface area contributed by atoms with Gasteiger partial charge in [-0.25, -0.2) is 0 Å². The maximum absolute atomic E-state index is 12.2. The van der Waals surface area contributed by atoms with Crippen LogP contribution in [-0.4, -0.2) is 51.6 Å². The van der Waals surface area contributed by atoms with Crippen LogP contribution in [-0.2, 0) is 16.1 Å². The molecule has 0 aromatic heterocycles. The number of benzene rings is 2. The maximum Gasteiger partial charge on any atom is 0.320 e. The fraction of sp³-hybridized carbons (Fsp3) is 0.552. The standard InChI is InChI=1S/C29H42N2O5S/c1-7-9-15-29(8-2)27(33)37-24-16-21(18-30-19-25(32)36-28(3,4)5)23(35-6)17-22(24)26(31(29)34)20-13-11-10-12-14-20/h10-14,16-17,26-27,30,33-34H,7-9,15,18-19H2,1-6H3/t26-,27?,29+/m0/s1. The fourth-order valence-corrected chi connectivity index (χ4v) is 6.23. The van der Waals surface area contributed by atoms with Crippen LogP contribution in [0.25, 0.3) is 0 Å². The number of carbonyl (C=O) groups excluding carboxylic acids is 1. The number of hydroxylamine groups is 2. The lowest BCUT2D eigenvalue weighted by molar-refractivity contribution is -0.217. The maximum atomic E-state index is 12.2. The predicted molar refractivity (Wildman–Crippen MR) is 147 cm³/mol. The van der Waals surface area contributed by atoms with E-state index >= 15 is 0 Å². The Morgan fingerprint density at radius 3 is 2.49 bits per heavy atom. The summed E-state index contributed by atoms with van der Waals surface area (Å²) in [5, 5.41) is 27.9. The van der Waals surface area contributed by atoms with Gasteiger partial charge in [0.2, 0.25) is 0 Å². The van der Waals surface area contributed by atoms with Crippen LogP contribution in [0.15, 0.2) is 47.4 Å². The number of unbranched alkanes of at least 4 members (excludes halogenated alkanes) is 1. The molecule has 7 nitrogen and oxygen atoms in total. The molecule has 0 aliphatic carbocycles. The zero-order valence-corrected chi connectivity index (χ0v) is 23.7. The molecule has 0 saturated heterocycles. The van der Waals surface area contributed by atoms with Crippen LogP contribution in [0.3, 0.4) is 0 Å². The number of nitrogens with one attached hydrogen (secondary N) is 1. The summed E-state index contributed by atoms with van der Waals surface area (Å²) in [6, 6.07) is 13.4. The molecular formula is C29H42N2O5S. The van der Waals surface area contributed by atoms with Gasteiger partial charge in [0.05, 0.1) is 25.2 Å². The Balaban J connectivity index is 2.02. The molecule has 1 aliphatic rings. The zero-order chi connectivity index (χ0) is 27.2. The molecule has 1 heterocycles. The lowest BCUT2D eigenvalue weighted by Gasteiger charge is -2.44. The second kappa shape index (κ2) is 12.6. The van der Waals surface area contributed by atoms with Crippen LogP contribution in [0.2, 0.25) is 0 Å². The van der Waals surface area contributed by atoms with Crippen molar-refractivity contribution in [2.45, 2.75) is 94.4 Å². The van der Waals surface area contributed by atoms with Gasteiger partial charge in [0.15, 0.2) is 0 Å². The predicted octanol–water partition coefficient (Wildman–Crippen LogP) is 5.67. The molecule has 3 atom stereocenters. The summed E-state index contributed by atoms with van der Waals surface area (Å²) >= 11 is 1.38.